The molecule has 0 bridgehead atoms. The van der Waals surface area contributed by atoms with Crippen LogP contribution in [0.4, 0.5) is 4.39 Å². The van der Waals surface area contributed by atoms with Crippen molar-refractivity contribution in [1.82, 2.24) is 4.57 Å². The minimum Gasteiger partial charge on any atom is -0.323 e. The summed E-state index contributed by atoms with van der Waals surface area (Å²) in [4.78, 5) is 0. The predicted molar refractivity (Wildman–Crippen MR) is 98.3 cm³/mol. The Kier molecular flexibility index (Phi) is 8.28. The Labute approximate surface area is 143 Å². The van der Waals surface area contributed by atoms with Gasteiger partial charge in [0, 0.05) is 27.8 Å². The zero-order valence-corrected chi connectivity index (χ0v) is 16.3. The summed E-state index contributed by atoms with van der Waals surface area (Å²) in [6, 6.07) is 1.68. The van der Waals surface area contributed by atoms with Crippen molar-refractivity contribution in [3.05, 3.63) is 21.3 Å². The molecule has 0 aliphatic heterocycles. The second kappa shape index (κ2) is 9.16. The molecule has 3 heteroatoms. The van der Waals surface area contributed by atoms with Crippen LogP contribution < -0.4 is 0 Å². The molecule has 0 saturated carbocycles. The average molecular weight is 407 g/mol. The quantitative estimate of drug-likeness (QED) is 0.305. The predicted octanol–water partition coefficient (Wildman–Crippen LogP) is 6.58. The molecule has 0 amide bonds. The zero-order chi connectivity index (χ0) is 15.9. The van der Waals surface area contributed by atoms with Gasteiger partial charge in [-0.3, -0.25) is 0 Å². The molecule has 0 N–H and O–H groups in total. The molecule has 0 spiro atoms. The van der Waals surface area contributed by atoms with Gasteiger partial charge in [-0.05, 0) is 35.4 Å². The van der Waals surface area contributed by atoms with Crippen molar-refractivity contribution in [3.8, 4) is 0 Å². The molecule has 0 aliphatic carbocycles. The summed E-state index contributed by atoms with van der Waals surface area (Å²) in [5.41, 5.74) is 1.31. The van der Waals surface area contributed by atoms with E-state index in [1.54, 1.807) is 10.6 Å². The van der Waals surface area contributed by atoms with Crippen molar-refractivity contribution in [3.63, 3.8) is 0 Å². The molecule has 1 unspecified atom stereocenters. The Morgan fingerprint density at radius 3 is 2.05 bits per heavy atom. The summed E-state index contributed by atoms with van der Waals surface area (Å²) in [6.45, 7) is 6.83. The van der Waals surface area contributed by atoms with Crippen LogP contribution in [0.5, 0.6) is 0 Å². The first kappa shape index (κ1) is 19.0. The number of nitrogens with zero attached hydrogens (tertiary/aromatic N) is 1. The molecular formula is C18H31FIN. The van der Waals surface area contributed by atoms with E-state index in [0.29, 0.717) is 0 Å². The molecule has 1 heterocycles. The lowest BCUT2D eigenvalue weighted by molar-refractivity contribution is 0.340. The van der Waals surface area contributed by atoms with Gasteiger partial charge in [0.05, 0.1) is 0 Å². The fraction of sp³-hybridized carbons (Fsp3) is 0.778. The molecule has 0 aromatic carbocycles. The van der Waals surface area contributed by atoms with Crippen molar-refractivity contribution >= 4 is 22.6 Å². The summed E-state index contributed by atoms with van der Waals surface area (Å²) in [7, 11) is 1.87. The third-order valence-electron chi connectivity index (χ3n) is 4.61. The Balaban J connectivity index is 2.88. The lowest BCUT2D eigenvalue weighted by atomic mass is 9.77. The summed E-state index contributed by atoms with van der Waals surface area (Å²) < 4.78 is 16.8. The van der Waals surface area contributed by atoms with Crippen LogP contribution in [0.25, 0.3) is 0 Å². The van der Waals surface area contributed by atoms with Crippen LogP contribution >= 0.6 is 22.6 Å². The standard InChI is InChI=1S/C18H31FIN/c1-5-7-9-11-13-18(3,12-10-8-6-2)17-15(20)14-16(19)21(17)4/h14H,5-13H2,1-4H3. The Morgan fingerprint density at radius 1 is 1.05 bits per heavy atom. The molecular weight excluding hydrogens is 376 g/mol. The van der Waals surface area contributed by atoms with Gasteiger partial charge < -0.3 is 4.57 Å². The van der Waals surface area contributed by atoms with Crippen LogP contribution in [-0.2, 0) is 12.5 Å². The third kappa shape index (κ3) is 5.26. The first-order valence-corrected chi connectivity index (χ1v) is 9.55. The molecule has 0 fully saturated rings. The van der Waals surface area contributed by atoms with Gasteiger partial charge in [0.25, 0.3) is 0 Å². The SMILES string of the molecule is CCCCCCC(C)(CCCCC)c1c(I)cc(F)n1C. The largest absolute Gasteiger partial charge is 0.323 e. The summed E-state index contributed by atoms with van der Waals surface area (Å²) in [5.74, 6) is -0.107. The van der Waals surface area contributed by atoms with Gasteiger partial charge in [0.1, 0.15) is 0 Å². The number of unbranched alkanes of at least 4 members (excludes halogenated alkanes) is 5. The van der Waals surface area contributed by atoms with E-state index in [0.717, 1.165) is 3.57 Å². The highest BCUT2D eigenvalue weighted by molar-refractivity contribution is 14.1. The first-order valence-electron chi connectivity index (χ1n) is 8.47. The van der Waals surface area contributed by atoms with Crippen molar-refractivity contribution < 1.29 is 4.39 Å². The monoisotopic (exact) mass is 407 g/mol. The van der Waals surface area contributed by atoms with Crippen LogP contribution in [0.15, 0.2) is 6.07 Å². The van der Waals surface area contributed by atoms with Crippen LogP contribution in [-0.4, -0.2) is 4.57 Å². The minimum atomic E-state index is -0.107. The van der Waals surface area contributed by atoms with E-state index in [9.17, 15) is 4.39 Å². The number of halogens is 2. The van der Waals surface area contributed by atoms with Gasteiger partial charge >= 0.3 is 0 Å². The van der Waals surface area contributed by atoms with Crippen LogP contribution in [0.1, 0.15) is 84.3 Å². The molecule has 122 valence electrons. The smallest absolute Gasteiger partial charge is 0.194 e. The Morgan fingerprint density at radius 2 is 1.57 bits per heavy atom. The summed E-state index contributed by atoms with van der Waals surface area (Å²) in [6.07, 6.45) is 11.2. The van der Waals surface area contributed by atoms with Crippen molar-refractivity contribution in [2.75, 3.05) is 0 Å². The zero-order valence-electron chi connectivity index (χ0n) is 14.1. The van der Waals surface area contributed by atoms with E-state index in [2.05, 4.69) is 43.4 Å². The lowest BCUT2D eigenvalue weighted by Crippen LogP contribution is -2.26. The van der Waals surface area contributed by atoms with Gasteiger partial charge in [0.15, 0.2) is 5.95 Å². The van der Waals surface area contributed by atoms with E-state index < -0.39 is 0 Å². The topological polar surface area (TPSA) is 4.93 Å². The van der Waals surface area contributed by atoms with Gasteiger partial charge in [-0.1, -0.05) is 65.7 Å². The van der Waals surface area contributed by atoms with E-state index >= 15 is 0 Å². The molecule has 0 aliphatic rings. The molecule has 1 nitrogen and oxygen atoms in total. The molecule has 21 heavy (non-hydrogen) atoms. The van der Waals surface area contributed by atoms with Gasteiger partial charge in [-0.15, -0.1) is 0 Å². The lowest BCUT2D eigenvalue weighted by Gasteiger charge is -2.31. The van der Waals surface area contributed by atoms with Crippen LogP contribution in [0.3, 0.4) is 0 Å². The third-order valence-corrected chi connectivity index (χ3v) is 5.44. The van der Waals surface area contributed by atoms with Crippen molar-refractivity contribution in [1.29, 1.82) is 0 Å². The fourth-order valence-corrected chi connectivity index (χ4v) is 4.57. The second-order valence-corrected chi connectivity index (χ2v) is 7.71. The highest BCUT2D eigenvalue weighted by Gasteiger charge is 2.31. The maximum Gasteiger partial charge on any atom is 0.194 e. The molecule has 1 rings (SSSR count). The van der Waals surface area contributed by atoms with E-state index in [4.69, 9.17) is 0 Å². The highest BCUT2D eigenvalue weighted by atomic mass is 127. The molecule has 0 radical (unpaired) electrons. The number of hydrogen-bond donors (Lipinski definition) is 0. The second-order valence-electron chi connectivity index (χ2n) is 6.55. The average Bonchev–Trinajstić information content (AvgIpc) is 2.69. The number of rotatable bonds is 10. The molecule has 1 aromatic rings. The molecule has 1 atom stereocenters. The van der Waals surface area contributed by atoms with Gasteiger partial charge in [0.2, 0.25) is 0 Å². The maximum atomic E-state index is 13.9. The van der Waals surface area contributed by atoms with E-state index in [1.807, 2.05) is 7.05 Å². The van der Waals surface area contributed by atoms with E-state index in [1.165, 1.54) is 63.5 Å². The minimum absolute atomic E-state index is 0.107. The normalized spacial score (nSPS) is 14.4. The number of hydrogen-bond acceptors (Lipinski definition) is 0. The number of aromatic nitrogens is 1. The summed E-state index contributed by atoms with van der Waals surface area (Å²) >= 11 is 2.30. The highest BCUT2D eigenvalue weighted by Crippen LogP contribution is 2.38. The molecule has 1 aromatic heterocycles. The fourth-order valence-electron chi connectivity index (χ4n) is 3.30. The van der Waals surface area contributed by atoms with Crippen molar-refractivity contribution in [2.45, 2.75) is 84.0 Å². The first-order chi connectivity index (χ1) is 9.96. The van der Waals surface area contributed by atoms with Crippen LogP contribution in [0.2, 0.25) is 0 Å². The Bertz CT molecular complexity index is 427. The van der Waals surface area contributed by atoms with E-state index in [-0.39, 0.29) is 11.4 Å². The summed E-state index contributed by atoms with van der Waals surface area (Å²) in [5, 5.41) is 0. The molecule has 0 saturated heterocycles. The van der Waals surface area contributed by atoms with Crippen molar-refractivity contribution in [2.24, 2.45) is 7.05 Å². The van der Waals surface area contributed by atoms with Gasteiger partial charge in [-0.25, -0.2) is 0 Å². The van der Waals surface area contributed by atoms with Gasteiger partial charge in [-0.2, -0.15) is 4.39 Å². The van der Waals surface area contributed by atoms with Crippen LogP contribution in [0, 0.1) is 9.52 Å². The maximum absolute atomic E-state index is 13.9. The Hall–Kier alpha value is -0.0600.